The summed E-state index contributed by atoms with van der Waals surface area (Å²) in [7, 11) is 1.66. The van der Waals surface area contributed by atoms with E-state index in [0.29, 0.717) is 18.8 Å². The maximum atomic E-state index is 12.4. The number of hydrogen-bond donors (Lipinski definition) is 0. The summed E-state index contributed by atoms with van der Waals surface area (Å²) in [5, 5.41) is 5.99. The molecule has 0 N–H and O–H groups in total. The highest BCUT2D eigenvalue weighted by Gasteiger charge is 2.21. The van der Waals surface area contributed by atoms with Gasteiger partial charge in [0, 0.05) is 37.9 Å². The molecule has 1 aromatic carbocycles. The molecule has 2 aromatic heterocycles. The number of thiophene rings is 1. The molecule has 7 nitrogen and oxygen atoms in total. The van der Waals surface area contributed by atoms with Crippen LogP contribution >= 0.6 is 11.3 Å². The number of nitrogens with zero attached hydrogens (tertiary/aromatic N) is 3. The second-order valence-corrected chi connectivity index (χ2v) is 7.67. The number of aromatic nitrogens is 1. The Morgan fingerprint density at radius 1 is 1.17 bits per heavy atom. The lowest BCUT2D eigenvalue weighted by molar-refractivity contribution is -0.136. The molecule has 4 rings (SSSR count). The van der Waals surface area contributed by atoms with Gasteiger partial charge in [-0.3, -0.25) is 4.79 Å². The fourth-order valence-electron chi connectivity index (χ4n) is 3.26. The van der Waals surface area contributed by atoms with Crippen LogP contribution in [0.5, 0.6) is 5.75 Å². The second-order valence-electron chi connectivity index (χ2n) is 6.72. The van der Waals surface area contributed by atoms with Gasteiger partial charge in [-0.25, -0.2) is 0 Å². The Hall–Kier alpha value is -2.84. The van der Waals surface area contributed by atoms with Crippen molar-refractivity contribution < 1.29 is 18.8 Å². The quantitative estimate of drug-likeness (QED) is 0.592. The number of methoxy groups -OCH3 is 1. The molecule has 1 aliphatic rings. The molecule has 29 heavy (non-hydrogen) atoms. The highest BCUT2D eigenvalue weighted by atomic mass is 32.1. The highest BCUT2D eigenvalue weighted by Crippen LogP contribution is 2.25. The van der Waals surface area contributed by atoms with Gasteiger partial charge in [-0.05, 0) is 35.7 Å². The van der Waals surface area contributed by atoms with Crippen LogP contribution in [-0.4, -0.2) is 55.9 Å². The summed E-state index contributed by atoms with van der Waals surface area (Å²) in [6, 6.07) is 13.8. The largest absolute Gasteiger partial charge is 0.497 e. The first-order valence-corrected chi connectivity index (χ1v) is 10.3. The summed E-state index contributed by atoms with van der Waals surface area (Å²) in [6.45, 7) is 3.26. The van der Waals surface area contributed by atoms with Crippen molar-refractivity contribution in [2.45, 2.75) is 6.61 Å². The fourth-order valence-corrected chi connectivity index (χ4v) is 3.93. The molecule has 0 radical (unpaired) electrons. The number of carbonyl (C=O) groups excluding carboxylic acids is 1. The van der Waals surface area contributed by atoms with Crippen LogP contribution in [-0.2, 0) is 16.1 Å². The zero-order chi connectivity index (χ0) is 20.1. The molecule has 0 unspecified atom stereocenters. The zero-order valence-corrected chi connectivity index (χ0v) is 17.1. The summed E-state index contributed by atoms with van der Waals surface area (Å²) in [6.07, 6.45) is 0. The van der Waals surface area contributed by atoms with E-state index in [9.17, 15) is 4.79 Å². The van der Waals surface area contributed by atoms with E-state index in [1.165, 1.54) is 0 Å². The van der Waals surface area contributed by atoms with E-state index < -0.39 is 0 Å². The number of hydrogen-bond acceptors (Lipinski definition) is 7. The number of rotatable bonds is 7. The minimum Gasteiger partial charge on any atom is -0.497 e. The van der Waals surface area contributed by atoms with Crippen LogP contribution in [0.3, 0.4) is 0 Å². The Balaban J connectivity index is 1.21. The zero-order valence-electron chi connectivity index (χ0n) is 16.2. The fraction of sp³-hybridized carbons (Fsp3) is 0.333. The third-order valence-electron chi connectivity index (χ3n) is 4.87. The third-order valence-corrected chi connectivity index (χ3v) is 5.75. The predicted octanol–water partition coefficient (Wildman–Crippen LogP) is 3.28. The molecule has 0 aliphatic carbocycles. The van der Waals surface area contributed by atoms with Crippen molar-refractivity contribution in [1.82, 2.24) is 10.1 Å². The maximum Gasteiger partial charge on any atom is 0.248 e. The van der Waals surface area contributed by atoms with Gasteiger partial charge in [-0.15, -0.1) is 11.3 Å². The van der Waals surface area contributed by atoms with Crippen molar-refractivity contribution in [3.63, 3.8) is 0 Å². The van der Waals surface area contributed by atoms with Crippen molar-refractivity contribution in [3.8, 4) is 16.4 Å². The van der Waals surface area contributed by atoms with E-state index in [2.05, 4.69) is 10.1 Å². The smallest absolute Gasteiger partial charge is 0.248 e. The maximum absolute atomic E-state index is 12.4. The molecule has 3 heterocycles. The minimum atomic E-state index is 0.00126. The first-order chi connectivity index (χ1) is 14.2. The summed E-state index contributed by atoms with van der Waals surface area (Å²) < 4.78 is 16.1. The minimum absolute atomic E-state index is 0.00126. The standard InChI is InChI=1S/C21H23N3O4S/c1-26-18-6-4-17(5-7-18)23-8-10-24(11-9-23)21(25)15-27-14-16-13-19(28-22-16)20-3-2-12-29-20/h2-7,12-13H,8-11,14-15H2,1H3. The van der Waals surface area contributed by atoms with Crippen molar-refractivity contribution in [1.29, 1.82) is 0 Å². The molecular formula is C21H23N3O4S. The van der Waals surface area contributed by atoms with Gasteiger partial charge in [0.05, 0.1) is 18.6 Å². The predicted molar refractivity (Wildman–Crippen MR) is 111 cm³/mol. The van der Waals surface area contributed by atoms with Crippen molar-refractivity contribution in [2.24, 2.45) is 0 Å². The third kappa shape index (κ3) is 4.78. The lowest BCUT2D eigenvalue weighted by Crippen LogP contribution is -2.49. The van der Waals surface area contributed by atoms with Crippen LogP contribution in [0.25, 0.3) is 10.6 Å². The number of carbonyl (C=O) groups is 1. The van der Waals surface area contributed by atoms with E-state index in [-0.39, 0.29) is 19.1 Å². The van der Waals surface area contributed by atoms with E-state index in [1.807, 2.05) is 52.7 Å². The van der Waals surface area contributed by atoms with Gasteiger partial charge in [-0.1, -0.05) is 11.2 Å². The van der Waals surface area contributed by atoms with E-state index >= 15 is 0 Å². The van der Waals surface area contributed by atoms with Crippen LogP contribution in [0.15, 0.2) is 52.4 Å². The molecule has 8 heteroatoms. The molecule has 1 aliphatic heterocycles. The van der Waals surface area contributed by atoms with Gasteiger partial charge in [0.2, 0.25) is 5.91 Å². The van der Waals surface area contributed by atoms with Gasteiger partial charge in [0.15, 0.2) is 5.76 Å². The van der Waals surface area contributed by atoms with Crippen LogP contribution in [0.4, 0.5) is 5.69 Å². The lowest BCUT2D eigenvalue weighted by Gasteiger charge is -2.36. The first-order valence-electron chi connectivity index (χ1n) is 9.47. The van der Waals surface area contributed by atoms with Gasteiger partial charge in [0.1, 0.15) is 18.1 Å². The van der Waals surface area contributed by atoms with Crippen molar-refractivity contribution in [3.05, 3.63) is 53.5 Å². The monoisotopic (exact) mass is 413 g/mol. The van der Waals surface area contributed by atoms with Crippen LogP contribution in [0.1, 0.15) is 5.69 Å². The van der Waals surface area contributed by atoms with Gasteiger partial charge >= 0.3 is 0 Å². The summed E-state index contributed by atoms with van der Waals surface area (Å²) in [4.78, 5) is 17.6. The molecule has 3 aromatic rings. The Morgan fingerprint density at radius 2 is 1.97 bits per heavy atom. The van der Waals surface area contributed by atoms with Gasteiger partial charge in [-0.2, -0.15) is 0 Å². The van der Waals surface area contributed by atoms with Crippen LogP contribution in [0, 0.1) is 0 Å². The highest BCUT2D eigenvalue weighted by molar-refractivity contribution is 7.13. The first kappa shape index (κ1) is 19.5. The SMILES string of the molecule is COc1ccc(N2CCN(C(=O)COCc3cc(-c4cccs4)on3)CC2)cc1. The summed E-state index contributed by atoms with van der Waals surface area (Å²) in [5.74, 6) is 1.57. The number of amides is 1. The molecule has 0 atom stereocenters. The molecule has 1 saturated heterocycles. The molecule has 0 spiro atoms. The molecule has 0 bridgehead atoms. The topological polar surface area (TPSA) is 68.0 Å². The lowest BCUT2D eigenvalue weighted by atomic mass is 10.2. The molecule has 0 saturated carbocycles. The summed E-state index contributed by atoms with van der Waals surface area (Å²) >= 11 is 1.59. The Bertz CT molecular complexity index is 916. The normalized spacial score (nSPS) is 14.2. The number of ether oxygens (including phenoxy) is 2. The van der Waals surface area contributed by atoms with E-state index in [0.717, 1.165) is 35.2 Å². The number of piperazine rings is 1. The Morgan fingerprint density at radius 3 is 2.66 bits per heavy atom. The Labute approximate surface area is 173 Å². The van der Waals surface area contributed by atoms with Crippen LogP contribution < -0.4 is 9.64 Å². The van der Waals surface area contributed by atoms with Crippen molar-refractivity contribution >= 4 is 22.9 Å². The number of anilines is 1. The van der Waals surface area contributed by atoms with Crippen LogP contribution in [0.2, 0.25) is 0 Å². The van der Waals surface area contributed by atoms with Gasteiger partial charge < -0.3 is 23.8 Å². The average molecular weight is 413 g/mol. The Kier molecular flexibility index (Phi) is 6.12. The molecular weight excluding hydrogens is 390 g/mol. The second kappa shape index (κ2) is 9.11. The average Bonchev–Trinajstić information content (AvgIpc) is 3.46. The molecule has 152 valence electrons. The van der Waals surface area contributed by atoms with E-state index in [4.69, 9.17) is 14.0 Å². The van der Waals surface area contributed by atoms with Gasteiger partial charge in [0.25, 0.3) is 0 Å². The summed E-state index contributed by atoms with van der Waals surface area (Å²) in [5.41, 5.74) is 1.83. The molecule has 1 amide bonds. The van der Waals surface area contributed by atoms with Crippen molar-refractivity contribution in [2.75, 3.05) is 44.8 Å². The number of benzene rings is 1. The van der Waals surface area contributed by atoms with E-state index in [1.54, 1.807) is 18.4 Å². The molecule has 1 fully saturated rings.